The van der Waals surface area contributed by atoms with E-state index < -0.39 is 0 Å². The highest BCUT2D eigenvalue weighted by Crippen LogP contribution is 2.43. The molecule has 3 fully saturated rings. The maximum absolute atomic E-state index is 6.37. The summed E-state index contributed by atoms with van der Waals surface area (Å²) < 4.78 is 12.1. The summed E-state index contributed by atoms with van der Waals surface area (Å²) >= 11 is 0. The van der Waals surface area contributed by atoms with Gasteiger partial charge >= 0.3 is 0 Å². The van der Waals surface area contributed by atoms with Crippen LogP contribution in [-0.2, 0) is 9.47 Å². The summed E-state index contributed by atoms with van der Waals surface area (Å²) in [6, 6.07) is 0. The Kier molecular flexibility index (Phi) is 4.42. The van der Waals surface area contributed by atoms with Gasteiger partial charge in [-0.05, 0) is 32.7 Å². The molecule has 4 heteroatoms. The van der Waals surface area contributed by atoms with Crippen molar-refractivity contribution in [2.45, 2.75) is 56.3 Å². The summed E-state index contributed by atoms with van der Waals surface area (Å²) in [6.07, 6.45) is 8.64. The average molecular weight is 268 g/mol. The van der Waals surface area contributed by atoms with Gasteiger partial charge in [0.15, 0.2) is 0 Å². The number of nitrogens with zero attached hydrogens (tertiary/aromatic N) is 1. The third kappa shape index (κ3) is 3.48. The van der Waals surface area contributed by atoms with Crippen LogP contribution in [0.1, 0.15) is 38.5 Å². The van der Waals surface area contributed by atoms with Gasteiger partial charge in [-0.3, -0.25) is 0 Å². The maximum atomic E-state index is 6.37. The van der Waals surface area contributed by atoms with Gasteiger partial charge in [-0.2, -0.15) is 0 Å². The third-order valence-electron chi connectivity index (χ3n) is 4.89. The average Bonchev–Trinajstić information content (AvgIpc) is 3.02. The van der Waals surface area contributed by atoms with E-state index in [-0.39, 0.29) is 5.60 Å². The third-order valence-corrected chi connectivity index (χ3v) is 4.89. The van der Waals surface area contributed by atoms with Gasteiger partial charge in [0.25, 0.3) is 0 Å². The molecule has 1 N–H and O–H groups in total. The van der Waals surface area contributed by atoms with Gasteiger partial charge in [0.2, 0.25) is 0 Å². The number of hydrogen-bond donors (Lipinski definition) is 1. The number of ether oxygens (including phenoxy) is 2. The van der Waals surface area contributed by atoms with E-state index in [1.54, 1.807) is 0 Å². The first-order chi connectivity index (χ1) is 9.26. The van der Waals surface area contributed by atoms with Gasteiger partial charge < -0.3 is 19.7 Å². The molecule has 1 saturated carbocycles. The highest BCUT2D eigenvalue weighted by Gasteiger charge is 2.42. The van der Waals surface area contributed by atoms with Crippen LogP contribution in [0.5, 0.6) is 0 Å². The van der Waals surface area contributed by atoms with Crippen molar-refractivity contribution in [3.63, 3.8) is 0 Å². The van der Waals surface area contributed by atoms with E-state index in [1.807, 2.05) is 0 Å². The number of nitrogens with one attached hydrogen (secondary N) is 1. The van der Waals surface area contributed by atoms with Crippen molar-refractivity contribution >= 4 is 0 Å². The topological polar surface area (TPSA) is 33.7 Å². The van der Waals surface area contributed by atoms with Crippen molar-refractivity contribution in [3.8, 4) is 0 Å². The highest BCUT2D eigenvalue weighted by molar-refractivity contribution is 4.93. The normalized spacial score (nSPS) is 34.4. The minimum absolute atomic E-state index is 0.272. The highest BCUT2D eigenvalue weighted by atomic mass is 16.5. The van der Waals surface area contributed by atoms with Gasteiger partial charge in [0.1, 0.15) is 0 Å². The van der Waals surface area contributed by atoms with E-state index in [4.69, 9.17) is 9.47 Å². The lowest BCUT2D eigenvalue weighted by Crippen LogP contribution is -2.45. The lowest BCUT2D eigenvalue weighted by atomic mass is 9.98. The van der Waals surface area contributed by atoms with Gasteiger partial charge in [-0.15, -0.1) is 0 Å². The molecule has 1 spiro atoms. The molecular weight excluding hydrogens is 240 g/mol. The van der Waals surface area contributed by atoms with E-state index in [1.165, 1.54) is 38.5 Å². The van der Waals surface area contributed by atoms with Crippen LogP contribution in [-0.4, -0.2) is 62.5 Å². The Hall–Kier alpha value is -0.160. The lowest BCUT2D eigenvalue weighted by molar-refractivity contribution is -0.0520. The molecule has 0 radical (unpaired) electrons. The summed E-state index contributed by atoms with van der Waals surface area (Å²) in [5.74, 6) is 0. The first kappa shape index (κ1) is 13.8. The van der Waals surface area contributed by atoms with E-state index >= 15 is 0 Å². The van der Waals surface area contributed by atoms with Crippen LogP contribution in [0, 0.1) is 0 Å². The Morgan fingerprint density at radius 3 is 2.68 bits per heavy atom. The van der Waals surface area contributed by atoms with Crippen LogP contribution in [0.3, 0.4) is 0 Å². The van der Waals surface area contributed by atoms with Gasteiger partial charge in [0.05, 0.1) is 24.4 Å². The predicted octanol–water partition coefficient (Wildman–Crippen LogP) is 1.40. The number of rotatable bonds is 4. The molecule has 3 aliphatic rings. The monoisotopic (exact) mass is 268 g/mol. The zero-order valence-corrected chi connectivity index (χ0v) is 12.2. The van der Waals surface area contributed by atoms with Gasteiger partial charge in [-0.25, -0.2) is 0 Å². The number of hydrogen-bond acceptors (Lipinski definition) is 4. The second-order valence-corrected chi connectivity index (χ2v) is 6.59. The van der Waals surface area contributed by atoms with E-state index in [0.29, 0.717) is 12.2 Å². The van der Waals surface area contributed by atoms with Crippen LogP contribution < -0.4 is 5.32 Å². The van der Waals surface area contributed by atoms with Gasteiger partial charge in [-0.1, -0.05) is 12.8 Å². The largest absolute Gasteiger partial charge is 0.374 e. The van der Waals surface area contributed by atoms with Crippen LogP contribution >= 0.6 is 0 Å². The lowest BCUT2D eigenvalue weighted by Gasteiger charge is -2.30. The fourth-order valence-electron chi connectivity index (χ4n) is 3.92. The molecule has 0 bridgehead atoms. The Morgan fingerprint density at radius 1 is 1.16 bits per heavy atom. The molecule has 19 heavy (non-hydrogen) atoms. The van der Waals surface area contributed by atoms with Crippen LogP contribution in [0.2, 0.25) is 0 Å². The first-order valence-electron chi connectivity index (χ1n) is 7.94. The molecule has 2 aliphatic heterocycles. The molecule has 0 aromatic heterocycles. The molecule has 4 nitrogen and oxygen atoms in total. The minimum atomic E-state index is 0.272. The fraction of sp³-hybridized carbons (Fsp3) is 1.00. The summed E-state index contributed by atoms with van der Waals surface area (Å²) in [5.41, 5.74) is 0.272. The Bertz CT molecular complexity index is 286. The molecule has 0 aromatic rings. The maximum Gasteiger partial charge on any atom is 0.0826 e. The zero-order valence-electron chi connectivity index (χ0n) is 12.2. The molecule has 0 amide bonds. The summed E-state index contributed by atoms with van der Waals surface area (Å²) in [5, 5.41) is 3.39. The second-order valence-electron chi connectivity index (χ2n) is 6.59. The molecule has 1 aliphatic carbocycles. The smallest absolute Gasteiger partial charge is 0.0826 e. The standard InChI is InChI=1S/C15H28N2O2/c1-17(12-14-10-16-8-9-18-14)11-13-4-7-15(19-13)5-2-3-6-15/h13-14,16H,2-12H2,1H3. The summed E-state index contributed by atoms with van der Waals surface area (Å²) in [6.45, 7) is 4.90. The van der Waals surface area contributed by atoms with Crippen molar-refractivity contribution in [3.05, 3.63) is 0 Å². The minimum Gasteiger partial charge on any atom is -0.374 e. The van der Waals surface area contributed by atoms with E-state index in [9.17, 15) is 0 Å². The van der Waals surface area contributed by atoms with Crippen molar-refractivity contribution in [2.24, 2.45) is 0 Å². The zero-order chi connectivity index (χ0) is 13.1. The second kappa shape index (κ2) is 6.08. The molecule has 2 heterocycles. The molecule has 2 saturated heterocycles. The van der Waals surface area contributed by atoms with Gasteiger partial charge in [0, 0.05) is 26.2 Å². The number of morpholine rings is 1. The Balaban J connectivity index is 1.41. The van der Waals surface area contributed by atoms with Crippen molar-refractivity contribution in [1.82, 2.24) is 10.2 Å². The quantitative estimate of drug-likeness (QED) is 0.835. The summed E-state index contributed by atoms with van der Waals surface area (Å²) in [4.78, 5) is 2.39. The molecular formula is C15H28N2O2. The fourth-order valence-corrected chi connectivity index (χ4v) is 3.92. The number of likely N-dealkylation sites (N-methyl/N-ethyl adjacent to an activating group) is 1. The Morgan fingerprint density at radius 2 is 1.95 bits per heavy atom. The van der Waals surface area contributed by atoms with Crippen LogP contribution in [0.25, 0.3) is 0 Å². The van der Waals surface area contributed by atoms with Crippen molar-refractivity contribution in [2.75, 3.05) is 39.8 Å². The molecule has 0 aromatic carbocycles. The van der Waals surface area contributed by atoms with E-state index in [2.05, 4.69) is 17.3 Å². The first-order valence-corrected chi connectivity index (χ1v) is 7.94. The van der Waals surface area contributed by atoms with E-state index in [0.717, 1.165) is 32.8 Å². The van der Waals surface area contributed by atoms with Crippen LogP contribution in [0.15, 0.2) is 0 Å². The van der Waals surface area contributed by atoms with Crippen LogP contribution in [0.4, 0.5) is 0 Å². The SMILES string of the molecule is CN(CC1CNCCO1)CC1CCC2(CCCC2)O1. The molecule has 3 rings (SSSR count). The molecule has 2 unspecified atom stereocenters. The molecule has 110 valence electrons. The molecule has 2 atom stereocenters. The van der Waals surface area contributed by atoms with Crippen molar-refractivity contribution < 1.29 is 9.47 Å². The van der Waals surface area contributed by atoms with Crippen molar-refractivity contribution in [1.29, 1.82) is 0 Å². The Labute approximate surface area is 116 Å². The summed E-state index contributed by atoms with van der Waals surface area (Å²) in [7, 11) is 2.20. The predicted molar refractivity (Wildman–Crippen MR) is 75.4 cm³/mol.